The lowest BCUT2D eigenvalue weighted by Gasteiger charge is -2.68. The Kier molecular flexibility index (Phi) is 4.92. The van der Waals surface area contributed by atoms with E-state index >= 15 is 0 Å². The number of imide groups is 1. The lowest BCUT2D eigenvalue weighted by molar-refractivity contribution is -0.194. The number of benzene rings is 1. The number of rotatable bonds is 3. The second-order valence-corrected chi connectivity index (χ2v) is 13.0. The van der Waals surface area contributed by atoms with Crippen LogP contribution in [0.15, 0.2) is 35.9 Å². The van der Waals surface area contributed by atoms with Crippen molar-refractivity contribution in [3.8, 4) is 5.75 Å². The molecule has 6 heteroatoms. The van der Waals surface area contributed by atoms with Gasteiger partial charge in [0.1, 0.15) is 5.75 Å². The van der Waals surface area contributed by atoms with Crippen molar-refractivity contribution in [3.63, 3.8) is 0 Å². The number of hydrogen-bond acceptors (Lipinski definition) is 4. The molecule has 6 nitrogen and oxygen atoms in total. The Bertz CT molecular complexity index is 1200. The molecule has 4 fully saturated rings. The van der Waals surface area contributed by atoms with E-state index in [1.54, 1.807) is 18.2 Å². The third-order valence-corrected chi connectivity index (χ3v) is 11.3. The number of nitrogens with zero attached hydrogens (tertiary/aromatic N) is 1. The van der Waals surface area contributed by atoms with Crippen LogP contribution in [-0.4, -0.2) is 28.0 Å². The molecule has 1 heterocycles. The minimum atomic E-state index is -0.757. The van der Waals surface area contributed by atoms with Crippen molar-refractivity contribution in [1.29, 1.82) is 0 Å². The highest BCUT2D eigenvalue weighted by Gasteiger charge is 2.73. The summed E-state index contributed by atoms with van der Waals surface area (Å²) in [5.41, 5.74) is 0.153. The molecule has 2 N–H and O–H groups in total. The molecule has 1 spiro atoms. The Morgan fingerprint density at radius 3 is 2.44 bits per heavy atom. The molecule has 8 atom stereocenters. The molecule has 3 saturated carbocycles. The number of carbonyl (C=O) groups is 3. The number of aromatic hydroxyl groups is 1. The lowest BCUT2D eigenvalue weighted by atomic mass is 9.34. The number of para-hydroxylation sites is 2. The van der Waals surface area contributed by atoms with Crippen LogP contribution in [0.4, 0.5) is 5.69 Å². The number of fused-ring (bicyclic) bond motifs is 1. The summed E-state index contributed by atoms with van der Waals surface area (Å²) in [4.78, 5) is 41.9. The van der Waals surface area contributed by atoms with E-state index in [2.05, 4.69) is 26.8 Å². The first-order valence-corrected chi connectivity index (χ1v) is 13.6. The number of hydrogen-bond donors (Lipinski definition) is 2. The van der Waals surface area contributed by atoms with E-state index in [4.69, 9.17) is 0 Å². The fraction of sp³-hybridized carbons (Fsp3) is 0.633. The maximum absolute atomic E-state index is 14.2. The molecule has 5 aliphatic carbocycles. The zero-order valence-electron chi connectivity index (χ0n) is 21.7. The molecule has 2 bridgehead atoms. The van der Waals surface area contributed by atoms with Gasteiger partial charge in [-0.15, -0.1) is 0 Å². The Morgan fingerprint density at radius 2 is 1.78 bits per heavy atom. The van der Waals surface area contributed by atoms with Gasteiger partial charge in [-0.1, -0.05) is 51.0 Å². The van der Waals surface area contributed by atoms with Gasteiger partial charge in [0.15, 0.2) is 0 Å². The summed E-state index contributed by atoms with van der Waals surface area (Å²) in [6, 6.07) is 6.60. The molecular weight excluding hydrogens is 454 g/mol. The van der Waals surface area contributed by atoms with E-state index in [9.17, 15) is 24.6 Å². The number of carboxylic acids is 1. The van der Waals surface area contributed by atoms with E-state index in [0.717, 1.165) is 32.1 Å². The molecule has 7 rings (SSSR count). The fourth-order valence-electron chi connectivity index (χ4n) is 9.85. The van der Waals surface area contributed by atoms with Crippen molar-refractivity contribution in [2.75, 3.05) is 4.90 Å². The van der Waals surface area contributed by atoms with Crippen LogP contribution in [0.25, 0.3) is 0 Å². The van der Waals surface area contributed by atoms with Crippen LogP contribution in [0.5, 0.6) is 5.75 Å². The number of anilines is 1. The van der Waals surface area contributed by atoms with Crippen molar-refractivity contribution in [3.05, 3.63) is 35.9 Å². The molecule has 0 unspecified atom stereocenters. The molecule has 6 aliphatic rings. The smallest absolute Gasteiger partial charge is 0.309 e. The Morgan fingerprint density at radius 1 is 1.06 bits per heavy atom. The predicted molar refractivity (Wildman–Crippen MR) is 135 cm³/mol. The maximum atomic E-state index is 14.2. The van der Waals surface area contributed by atoms with Gasteiger partial charge in [-0.05, 0) is 80.2 Å². The number of carboxylic acid groups (broad SMARTS) is 1. The summed E-state index contributed by atoms with van der Waals surface area (Å²) >= 11 is 0. The van der Waals surface area contributed by atoms with Crippen LogP contribution in [0.2, 0.25) is 0 Å². The topological polar surface area (TPSA) is 94.9 Å². The Balaban J connectivity index is 1.50. The fourth-order valence-corrected chi connectivity index (χ4v) is 9.85. The third-order valence-electron chi connectivity index (χ3n) is 11.3. The number of phenolic OH excluding ortho intramolecular Hbond substituents is 1. The highest BCUT2D eigenvalue weighted by molar-refractivity contribution is 6.23. The van der Waals surface area contributed by atoms with Crippen LogP contribution in [-0.2, 0) is 14.4 Å². The van der Waals surface area contributed by atoms with Gasteiger partial charge >= 0.3 is 5.97 Å². The molecule has 192 valence electrons. The van der Waals surface area contributed by atoms with Crippen LogP contribution in [0.3, 0.4) is 0 Å². The monoisotopic (exact) mass is 491 g/mol. The number of allylic oxidation sites excluding steroid dienone is 2. The zero-order chi connectivity index (χ0) is 25.8. The summed E-state index contributed by atoms with van der Waals surface area (Å²) in [6.07, 6.45) is 7.24. The highest BCUT2D eigenvalue weighted by Crippen LogP contribution is 2.74. The molecule has 2 amide bonds. The van der Waals surface area contributed by atoms with E-state index in [0.29, 0.717) is 6.42 Å². The molecule has 0 aromatic heterocycles. The summed E-state index contributed by atoms with van der Waals surface area (Å²) < 4.78 is 0. The molecule has 1 saturated heterocycles. The minimum Gasteiger partial charge on any atom is -0.506 e. The van der Waals surface area contributed by atoms with Crippen molar-refractivity contribution in [1.82, 2.24) is 0 Å². The van der Waals surface area contributed by atoms with Gasteiger partial charge in [0.25, 0.3) is 0 Å². The molecule has 0 radical (unpaired) electrons. The average Bonchev–Trinajstić information content (AvgIpc) is 3.10. The standard InChI is InChI=1S/C30H37NO5/c1-16(2)18-15-30-13-10-21-28(3,11-7-12-29(21,4)27(35)36)22(30)14-17(18)23-24(30)26(34)31(25(23)33)19-8-5-6-9-20(19)32/h5-6,8-9,15-17,21-24,32H,7,10-14H2,1-4H3,(H,35,36)/t17-,21-,22-,23-,24+,28+,29-,30+/m1/s1. The maximum Gasteiger partial charge on any atom is 0.309 e. The quantitative estimate of drug-likeness (QED) is 0.436. The molecular formula is C30H37NO5. The van der Waals surface area contributed by atoms with Crippen molar-refractivity contribution in [2.45, 2.75) is 66.2 Å². The van der Waals surface area contributed by atoms with Gasteiger partial charge in [-0.25, -0.2) is 4.90 Å². The van der Waals surface area contributed by atoms with Gasteiger partial charge in [-0.2, -0.15) is 0 Å². The van der Waals surface area contributed by atoms with Gasteiger partial charge in [0, 0.05) is 5.41 Å². The number of aliphatic carboxylic acids is 1. The van der Waals surface area contributed by atoms with Gasteiger partial charge in [0.05, 0.1) is 22.9 Å². The van der Waals surface area contributed by atoms with Crippen LogP contribution in [0.1, 0.15) is 66.2 Å². The Labute approximate surface area is 212 Å². The average molecular weight is 492 g/mol. The van der Waals surface area contributed by atoms with E-state index in [1.165, 1.54) is 16.5 Å². The summed E-state index contributed by atoms with van der Waals surface area (Å²) in [5.74, 6) is -1.54. The number of carbonyl (C=O) groups excluding carboxylic acids is 2. The van der Waals surface area contributed by atoms with Crippen molar-refractivity contribution < 1.29 is 24.6 Å². The second-order valence-electron chi connectivity index (χ2n) is 13.0. The summed E-state index contributed by atoms with van der Waals surface area (Å²) in [7, 11) is 0. The van der Waals surface area contributed by atoms with Gasteiger partial charge < -0.3 is 10.2 Å². The highest BCUT2D eigenvalue weighted by atomic mass is 16.4. The first kappa shape index (κ1) is 23.7. The first-order valence-electron chi connectivity index (χ1n) is 13.6. The van der Waals surface area contributed by atoms with Crippen LogP contribution < -0.4 is 4.90 Å². The molecule has 1 aromatic rings. The normalized spacial score (nSPS) is 43.2. The van der Waals surface area contributed by atoms with Crippen molar-refractivity contribution in [2.24, 2.45) is 51.8 Å². The molecule has 1 aliphatic heterocycles. The Hall–Kier alpha value is -2.63. The number of phenols is 1. The molecule has 36 heavy (non-hydrogen) atoms. The SMILES string of the molecule is CC(C)C1=C[C@@]23CC[C@@H]4[C@](C)(CCC[C@@]4(C)C(=O)O)[C@H]2C[C@H]1[C@H]1C(=O)N(c2ccccc2O)C(=O)[C@H]13. The van der Waals surface area contributed by atoms with Gasteiger partial charge in [-0.3, -0.25) is 14.4 Å². The van der Waals surface area contributed by atoms with Crippen molar-refractivity contribution >= 4 is 23.5 Å². The van der Waals surface area contributed by atoms with E-state index in [1.807, 2.05) is 6.92 Å². The number of amides is 2. The predicted octanol–water partition coefficient (Wildman–Crippen LogP) is 5.41. The lowest BCUT2D eigenvalue weighted by Crippen LogP contribution is -2.65. The second kappa shape index (κ2) is 7.45. The van der Waals surface area contributed by atoms with E-state index < -0.39 is 28.6 Å². The largest absolute Gasteiger partial charge is 0.506 e. The summed E-state index contributed by atoms with van der Waals surface area (Å²) in [6.45, 7) is 8.55. The van der Waals surface area contributed by atoms with Crippen LogP contribution >= 0.6 is 0 Å². The van der Waals surface area contributed by atoms with Crippen LogP contribution in [0, 0.1) is 51.8 Å². The first-order chi connectivity index (χ1) is 17.0. The third kappa shape index (κ3) is 2.71. The minimum absolute atomic E-state index is 0.0252. The summed E-state index contributed by atoms with van der Waals surface area (Å²) in [5, 5.41) is 20.8. The van der Waals surface area contributed by atoms with Gasteiger partial charge in [0.2, 0.25) is 11.8 Å². The molecule has 1 aromatic carbocycles. The van der Waals surface area contributed by atoms with E-state index in [-0.39, 0.29) is 52.3 Å². The zero-order valence-corrected chi connectivity index (χ0v) is 21.7.